The van der Waals surface area contributed by atoms with Gasteiger partial charge in [0.2, 0.25) is 0 Å². The lowest BCUT2D eigenvalue weighted by atomic mass is 10.0. The maximum Gasteiger partial charge on any atom is -0.0138 e. The first-order chi connectivity index (χ1) is 5.85. The molecule has 0 N–H and O–H groups in total. The van der Waals surface area contributed by atoms with Gasteiger partial charge >= 0.3 is 0 Å². The molecule has 0 bridgehead atoms. The second-order valence-corrected chi connectivity index (χ2v) is 3.31. The minimum Gasteiger partial charge on any atom is -0.0882 e. The van der Waals surface area contributed by atoms with Gasteiger partial charge in [-0.2, -0.15) is 0 Å². The van der Waals surface area contributed by atoms with E-state index in [2.05, 4.69) is 33.3 Å². The fourth-order valence-electron chi connectivity index (χ4n) is 1.24. The van der Waals surface area contributed by atoms with Crippen molar-refractivity contribution in [3.63, 3.8) is 0 Å². The molecule has 0 heterocycles. The summed E-state index contributed by atoms with van der Waals surface area (Å²) in [5, 5.41) is 0. The van der Waals surface area contributed by atoms with Crippen molar-refractivity contribution in [2.75, 3.05) is 0 Å². The molecule has 0 heteroatoms. The Balaban J connectivity index is 3.41. The Labute approximate surface area is 78.1 Å². The van der Waals surface area contributed by atoms with Crippen LogP contribution in [0.25, 0.3) is 0 Å². The van der Waals surface area contributed by atoms with E-state index in [1.807, 2.05) is 0 Å². The van der Waals surface area contributed by atoms with E-state index in [4.69, 9.17) is 0 Å². The minimum atomic E-state index is 1.26. The molecule has 0 saturated carbocycles. The van der Waals surface area contributed by atoms with E-state index in [0.717, 1.165) is 0 Å². The van der Waals surface area contributed by atoms with Gasteiger partial charge in [0.25, 0.3) is 0 Å². The van der Waals surface area contributed by atoms with Crippen LogP contribution in [0.1, 0.15) is 59.3 Å². The summed E-state index contributed by atoms with van der Waals surface area (Å²) in [4.78, 5) is 0. The van der Waals surface area contributed by atoms with Crippen LogP contribution in [-0.4, -0.2) is 0 Å². The third-order valence-electron chi connectivity index (χ3n) is 2.15. The molecule has 0 spiro atoms. The summed E-state index contributed by atoms with van der Waals surface area (Å²) in [6.45, 7) is 6.64. The van der Waals surface area contributed by atoms with Crippen molar-refractivity contribution in [1.82, 2.24) is 0 Å². The minimum absolute atomic E-state index is 1.26. The highest BCUT2D eigenvalue weighted by molar-refractivity contribution is 5.11. The third-order valence-corrected chi connectivity index (χ3v) is 2.15. The SMILES string of the molecule is CC=C([CH]CCCC)CCCC. The molecule has 0 aliphatic heterocycles. The zero-order valence-corrected chi connectivity index (χ0v) is 8.90. The summed E-state index contributed by atoms with van der Waals surface area (Å²) in [7, 11) is 0. The highest BCUT2D eigenvalue weighted by Crippen LogP contribution is 2.14. The zero-order chi connectivity index (χ0) is 9.23. The second-order valence-electron chi connectivity index (χ2n) is 3.31. The maximum atomic E-state index is 2.40. The highest BCUT2D eigenvalue weighted by atomic mass is 14.0. The molecule has 0 aromatic carbocycles. The number of hydrogen-bond donors (Lipinski definition) is 0. The summed E-state index contributed by atoms with van der Waals surface area (Å²) < 4.78 is 0. The van der Waals surface area contributed by atoms with Gasteiger partial charge in [-0.3, -0.25) is 0 Å². The molecule has 0 rings (SSSR count). The highest BCUT2D eigenvalue weighted by Gasteiger charge is 1.95. The van der Waals surface area contributed by atoms with Gasteiger partial charge in [0, 0.05) is 0 Å². The molecule has 0 unspecified atom stereocenters. The molecule has 0 atom stereocenters. The molecule has 0 amide bonds. The van der Waals surface area contributed by atoms with Crippen molar-refractivity contribution in [2.45, 2.75) is 59.3 Å². The van der Waals surface area contributed by atoms with Gasteiger partial charge in [0.15, 0.2) is 0 Å². The molecule has 12 heavy (non-hydrogen) atoms. The average Bonchev–Trinajstić information content (AvgIpc) is 2.11. The summed E-state index contributed by atoms with van der Waals surface area (Å²) in [6.07, 6.45) is 12.5. The number of allylic oxidation sites excluding steroid dienone is 2. The Morgan fingerprint density at radius 3 is 2.25 bits per heavy atom. The van der Waals surface area contributed by atoms with E-state index in [9.17, 15) is 0 Å². The largest absolute Gasteiger partial charge is 0.0882 e. The molecular weight excluding hydrogens is 144 g/mol. The fraction of sp³-hybridized carbons (Fsp3) is 0.750. The molecule has 0 aromatic rings. The van der Waals surface area contributed by atoms with Crippen molar-refractivity contribution < 1.29 is 0 Å². The Morgan fingerprint density at radius 2 is 1.75 bits per heavy atom. The summed E-state index contributed by atoms with van der Waals surface area (Å²) in [5.74, 6) is 0. The predicted molar refractivity (Wildman–Crippen MR) is 57.1 cm³/mol. The van der Waals surface area contributed by atoms with E-state index in [1.165, 1.54) is 38.5 Å². The fourth-order valence-corrected chi connectivity index (χ4v) is 1.24. The molecule has 0 nitrogen and oxygen atoms in total. The van der Waals surface area contributed by atoms with Crippen molar-refractivity contribution in [3.8, 4) is 0 Å². The average molecular weight is 167 g/mol. The van der Waals surface area contributed by atoms with Gasteiger partial charge in [-0.1, -0.05) is 44.8 Å². The number of rotatable bonds is 7. The van der Waals surface area contributed by atoms with E-state index in [-0.39, 0.29) is 0 Å². The van der Waals surface area contributed by atoms with Gasteiger partial charge in [0.05, 0.1) is 0 Å². The van der Waals surface area contributed by atoms with E-state index < -0.39 is 0 Å². The molecule has 0 fully saturated rings. The van der Waals surface area contributed by atoms with E-state index in [1.54, 1.807) is 5.57 Å². The van der Waals surface area contributed by atoms with Gasteiger partial charge < -0.3 is 0 Å². The van der Waals surface area contributed by atoms with Crippen LogP contribution in [0.2, 0.25) is 0 Å². The zero-order valence-electron chi connectivity index (χ0n) is 8.90. The Bertz CT molecular complexity index is 111. The van der Waals surface area contributed by atoms with Crippen LogP contribution >= 0.6 is 0 Å². The first-order valence-corrected chi connectivity index (χ1v) is 5.33. The quantitative estimate of drug-likeness (QED) is 0.489. The predicted octanol–water partition coefficient (Wildman–Crippen LogP) is 4.52. The summed E-state index contributed by atoms with van der Waals surface area (Å²) in [6, 6.07) is 0. The van der Waals surface area contributed by atoms with Crippen LogP contribution in [-0.2, 0) is 0 Å². The Morgan fingerprint density at radius 1 is 1.08 bits per heavy atom. The van der Waals surface area contributed by atoms with Crippen molar-refractivity contribution in [3.05, 3.63) is 18.1 Å². The number of unbranched alkanes of at least 4 members (excludes halogenated alkanes) is 3. The van der Waals surface area contributed by atoms with Crippen LogP contribution in [0.4, 0.5) is 0 Å². The molecular formula is C12H23. The molecule has 0 aliphatic rings. The summed E-state index contributed by atoms with van der Waals surface area (Å²) in [5.41, 5.74) is 1.55. The van der Waals surface area contributed by atoms with Crippen LogP contribution in [0.3, 0.4) is 0 Å². The third kappa shape index (κ3) is 6.45. The standard InChI is InChI=1S/C12H23/c1-4-7-9-11-12(6-3)10-8-5-2/h6,11H,4-5,7-10H2,1-3H3. The smallest absolute Gasteiger partial charge is 0.0138 e. The molecule has 1 radical (unpaired) electrons. The number of hydrogen-bond acceptors (Lipinski definition) is 0. The lowest BCUT2D eigenvalue weighted by Crippen LogP contribution is -1.85. The van der Waals surface area contributed by atoms with Crippen LogP contribution in [0.15, 0.2) is 11.6 Å². The molecule has 71 valence electrons. The van der Waals surface area contributed by atoms with Gasteiger partial charge in [-0.25, -0.2) is 0 Å². The molecule has 0 saturated heterocycles. The van der Waals surface area contributed by atoms with Crippen molar-refractivity contribution in [1.29, 1.82) is 0 Å². The van der Waals surface area contributed by atoms with E-state index >= 15 is 0 Å². The Kier molecular flexibility index (Phi) is 8.64. The normalized spacial score (nSPS) is 12.1. The van der Waals surface area contributed by atoms with Gasteiger partial charge in [-0.05, 0) is 32.6 Å². The first kappa shape index (κ1) is 11.7. The second kappa shape index (κ2) is 8.83. The maximum absolute atomic E-state index is 2.40. The van der Waals surface area contributed by atoms with Crippen molar-refractivity contribution >= 4 is 0 Å². The first-order valence-electron chi connectivity index (χ1n) is 5.33. The molecule has 0 aromatic heterocycles. The van der Waals surface area contributed by atoms with Gasteiger partial charge in [0.1, 0.15) is 0 Å². The van der Waals surface area contributed by atoms with Crippen LogP contribution in [0, 0.1) is 6.42 Å². The van der Waals surface area contributed by atoms with Crippen LogP contribution in [0.5, 0.6) is 0 Å². The van der Waals surface area contributed by atoms with Crippen LogP contribution < -0.4 is 0 Å². The lowest BCUT2D eigenvalue weighted by Gasteiger charge is -2.04. The Hall–Kier alpha value is -0.260. The monoisotopic (exact) mass is 167 g/mol. The van der Waals surface area contributed by atoms with Crippen molar-refractivity contribution in [2.24, 2.45) is 0 Å². The lowest BCUT2D eigenvalue weighted by molar-refractivity contribution is 0.748. The van der Waals surface area contributed by atoms with E-state index in [0.29, 0.717) is 0 Å². The molecule has 0 aliphatic carbocycles. The summed E-state index contributed by atoms with van der Waals surface area (Å²) >= 11 is 0. The van der Waals surface area contributed by atoms with Gasteiger partial charge in [-0.15, -0.1) is 0 Å². The topological polar surface area (TPSA) is 0 Å².